The summed E-state index contributed by atoms with van der Waals surface area (Å²) in [6.45, 7) is 0.576. The second kappa shape index (κ2) is 9.67. The normalized spacial score (nSPS) is 23.1. The Morgan fingerprint density at radius 1 is 1.07 bits per heavy atom. The van der Waals surface area contributed by atoms with Gasteiger partial charge in [0.05, 0.1) is 30.1 Å². The van der Waals surface area contributed by atoms with Crippen molar-refractivity contribution >= 4 is 22.9 Å². The molecular formula is C26H29F5N6O3. The number of aromatic amines is 1. The number of hydrogen-bond donors (Lipinski definition) is 2. The molecular weight excluding hydrogens is 539 g/mol. The Hall–Kier alpha value is -3.29. The fourth-order valence-corrected chi connectivity index (χ4v) is 6.16. The highest BCUT2D eigenvalue weighted by Gasteiger charge is 2.54. The van der Waals surface area contributed by atoms with Gasteiger partial charge in [0.25, 0.3) is 11.9 Å². The first-order chi connectivity index (χ1) is 19.0. The maximum Gasteiger partial charge on any atom is 0.282 e. The summed E-state index contributed by atoms with van der Waals surface area (Å²) in [4.78, 5) is 26.4. The molecule has 0 bridgehead atoms. The van der Waals surface area contributed by atoms with Crippen molar-refractivity contribution in [2.45, 2.75) is 68.8 Å². The van der Waals surface area contributed by atoms with Gasteiger partial charge in [-0.1, -0.05) is 6.07 Å². The molecule has 1 atom stereocenters. The van der Waals surface area contributed by atoms with Crippen LogP contribution in [0.15, 0.2) is 16.7 Å². The van der Waals surface area contributed by atoms with Crippen LogP contribution in [0.25, 0.3) is 11.0 Å². The van der Waals surface area contributed by atoms with E-state index in [0.29, 0.717) is 17.2 Å². The highest BCUT2D eigenvalue weighted by molar-refractivity contribution is 5.91. The summed E-state index contributed by atoms with van der Waals surface area (Å²) in [5.41, 5.74) is -0.964. The SMILES string of the molecule is Cc1nc(NC(c2nc3c(F)c(C4(C(=O)N5CC(F)(F)C5)CCOCC4)ccc3[nH]2)C2CCC(F)(F)CC2)no1. The molecule has 1 amide bonds. The number of halogens is 5. The van der Waals surface area contributed by atoms with Gasteiger partial charge >= 0.3 is 0 Å². The molecule has 0 spiro atoms. The summed E-state index contributed by atoms with van der Waals surface area (Å²) < 4.78 is 81.8. The van der Waals surface area contributed by atoms with Crippen LogP contribution in [-0.4, -0.2) is 69.1 Å². The van der Waals surface area contributed by atoms with E-state index in [2.05, 4.69) is 25.4 Å². The highest BCUT2D eigenvalue weighted by atomic mass is 19.3. The summed E-state index contributed by atoms with van der Waals surface area (Å²) in [6.07, 6.45) is 0.107. The van der Waals surface area contributed by atoms with E-state index in [1.807, 2.05) is 0 Å². The van der Waals surface area contributed by atoms with Crippen molar-refractivity contribution in [3.8, 4) is 0 Å². The van der Waals surface area contributed by atoms with Crippen LogP contribution in [-0.2, 0) is 14.9 Å². The lowest BCUT2D eigenvalue weighted by Gasteiger charge is -2.46. The van der Waals surface area contributed by atoms with Crippen molar-refractivity contribution in [3.63, 3.8) is 0 Å². The molecule has 2 N–H and O–H groups in total. The number of H-pyrrole nitrogens is 1. The van der Waals surface area contributed by atoms with Crippen molar-refractivity contribution < 1.29 is 36.0 Å². The highest BCUT2D eigenvalue weighted by Crippen LogP contribution is 2.44. The second-order valence-electron chi connectivity index (χ2n) is 11.1. The van der Waals surface area contributed by atoms with E-state index in [4.69, 9.17) is 9.26 Å². The van der Waals surface area contributed by atoms with Gasteiger partial charge in [-0.05, 0) is 42.8 Å². The van der Waals surface area contributed by atoms with Crippen molar-refractivity contribution in [1.29, 1.82) is 0 Å². The van der Waals surface area contributed by atoms with Gasteiger partial charge in [0.15, 0.2) is 5.82 Å². The zero-order valence-electron chi connectivity index (χ0n) is 21.8. The van der Waals surface area contributed by atoms with E-state index in [9.17, 15) is 22.4 Å². The van der Waals surface area contributed by atoms with E-state index in [1.165, 1.54) is 6.07 Å². The van der Waals surface area contributed by atoms with Crippen molar-refractivity contribution in [2.24, 2.45) is 5.92 Å². The van der Waals surface area contributed by atoms with E-state index in [0.717, 1.165) is 4.90 Å². The molecule has 2 aromatic heterocycles. The Bertz CT molecular complexity index is 1400. The molecule has 40 heavy (non-hydrogen) atoms. The molecule has 1 aliphatic carbocycles. The number of imidazole rings is 1. The topological polar surface area (TPSA) is 109 Å². The van der Waals surface area contributed by atoms with Crippen LogP contribution in [0.4, 0.5) is 27.9 Å². The number of nitrogens with zero attached hydrogens (tertiary/aromatic N) is 4. The lowest BCUT2D eigenvalue weighted by atomic mass is 9.72. The van der Waals surface area contributed by atoms with Crippen molar-refractivity contribution in [3.05, 3.63) is 35.2 Å². The van der Waals surface area contributed by atoms with Crippen LogP contribution >= 0.6 is 0 Å². The minimum atomic E-state index is -2.95. The van der Waals surface area contributed by atoms with Gasteiger partial charge in [0, 0.05) is 38.5 Å². The van der Waals surface area contributed by atoms with Gasteiger partial charge < -0.3 is 24.5 Å². The molecule has 6 rings (SSSR count). The van der Waals surface area contributed by atoms with E-state index < -0.39 is 48.1 Å². The molecule has 4 heterocycles. The smallest absolute Gasteiger partial charge is 0.282 e. The molecule has 3 fully saturated rings. The predicted octanol–water partition coefficient (Wildman–Crippen LogP) is 4.90. The average Bonchev–Trinajstić information content (AvgIpc) is 3.52. The lowest BCUT2D eigenvalue weighted by Crippen LogP contribution is -2.63. The third-order valence-electron chi connectivity index (χ3n) is 8.35. The number of ether oxygens (including phenoxy) is 1. The molecule has 3 aromatic rings. The van der Waals surface area contributed by atoms with Crippen LogP contribution in [0.5, 0.6) is 0 Å². The van der Waals surface area contributed by atoms with Gasteiger partial charge in [0.1, 0.15) is 11.3 Å². The Kier molecular flexibility index (Phi) is 6.50. The minimum absolute atomic E-state index is 0.0302. The first-order valence-corrected chi connectivity index (χ1v) is 13.3. The number of carbonyl (C=O) groups is 1. The first kappa shape index (κ1) is 26.9. The maximum absolute atomic E-state index is 16.2. The van der Waals surface area contributed by atoms with Gasteiger partial charge in [-0.3, -0.25) is 4.79 Å². The number of likely N-dealkylation sites (tertiary alicyclic amines) is 1. The molecule has 14 heteroatoms. The largest absolute Gasteiger partial charge is 0.381 e. The number of anilines is 1. The molecule has 216 valence electrons. The zero-order chi connectivity index (χ0) is 28.3. The number of rotatable bonds is 6. The summed E-state index contributed by atoms with van der Waals surface area (Å²) in [5.74, 6) is -6.50. The zero-order valence-corrected chi connectivity index (χ0v) is 21.8. The molecule has 1 aromatic carbocycles. The quantitative estimate of drug-likeness (QED) is 0.407. The van der Waals surface area contributed by atoms with Crippen LogP contribution in [0.2, 0.25) is 0 Å². The standard InChI is InChI=1S/C26H29F5N6O3/c1-14-32-23(36-40-14)35-19(15-4-6-25(28,29)7-5-15)21-33-17-3-2-16(18(27)20(17)34-21)24(8-10-39-11-9-24)22(38)37-12-26(30,31)13-37/h2-3,15,19H,4-13H2,1H3,(H,33,34)(H,35,36). The molecule has 1 saturated carbocycles. The van der Waals surface area contributed by atoms with E-state index in [-0.39, 0.29) is 74.7 Å². The summed E-state index contributed by atoms with van der Waals surface area (Å²) >= 11 is 0. The Morgan fingerprint density at radius 3 is 2.40 bits per heavy atom. The van der Waals surface area contributed by atoms with Crippen molar-refractivity contribution in [1.82, 2.24) is 25.0 Å². The Balaban J connectivity index is 1.37. The molecule has 2 aliphatic heterocycles. The molecule has 3 aliphatic rings. The van der Waals surface area contributed by atoms with Crippen molar-refractivity contribution in [2.75, 3.05) is 31.6 Å². The molecule has 9 nitrogen and oxygen atoms in total. The van der Waals surface area contributed by atoms with Crippen LogP contribution in [0, 0.1) is 18.7 Å². The molecule has 2 saturated heterocycles. The van der Waals surface area contributed by atoms with Gasteiger partial charge in [-0.2, -0.15) is 4.98 Å². The fraction of sp³-hybridized carbons (Fsp3) is 0.615. The maximum atomic E-state index is 16.2. The van der Waals surface area contributed by atoms with Gasteiger partial charge in [-0.15, -0.1) is 0 Å². The number of benzene rings is 1. The Labute approximate surface area is 225 Å². The number of alkyl halides is 4. The first-order valence-electron chi connectivity index (χ1n) is 13.3. The third-order valence-corrected chi connectivity index (χ3v) is 8.35. The molecule has 0 radical (unpaired) electrons. The predicted molar refractivity (Wildman–Crippen MR) is 132 cm³/mol. The fourth-order valence-electron chi connectivity index (χ4n) is 6.16. The van der Waals surface area contributed by atoms with Crippen LogP contribution in [0.3, 0.4) is 0 Å². The number of hydrogen-bond acceptors (Lipinski definition) is 7. The van der Waals surface area contributed by atoms with Gasteiger partial charge in [0.2, 0.25) is 17.7 Å². The van der Waals surface area contributed by atoms with Crippen LogP contribution < -0.4 is 5.32 Å². The average molecular weight is 569 g/mol. The number of nitrogens with one attached hydrogen (secondary N) is 2. The number of carbonyl (C=O) groups excluding carboxylic acids is 1. The third kappa shape index (κ3) is 4.79. The second-order valence-corrected chi connectivity index (χ2v) is 11.1. The van der Waals surface area contributed by atoms with E-state index in [1.54, 1.807) is 13.0 Å². The Morgan fingerprint density at radius 2 is 1.77 bits per heavy atom. The summed E-state index contributed by atoms with van der Waals surface area (Å²) in [7, 11) is 0. The number of aryl methyl sites for hydroxylation is 1. The summed E-state index contributed by atoms with van der Waals surface area (Å²) in [5, 5.41) is 6.96. The number of fused-ring (bicyclic) bond motifs is 1. The van der Waals surface area contributed by atoms with Gasteiger partial charge in [-0.25, -0.2) is 26.9 Å². The minimum Gasteiger partial charge on any atom is -0.381 e. The monoisotopic (exact) mass is 568 g/mol. The number of aromatic nitrogens is 4. The van der Waals surface area contributed by atoms with E-state index >= 15 is 4.39 Å². The summed E-state index contributed by atoms with van der Waals surface area (Å²) in [6, 6.07) is 2.45. The lowest BCUT2D eigenvalue weighted by molar-refractivity contribution is -0.174. The molecule has 1 unspecified atom stereocenters. The number of amides is 1. The van der Waals surface area contributed by atoms with Crippen LogP contribution in [0.1, 0.15) is 61.8 Å².